The minimum Gasteiger partial charge on any atom is -0.376 e. The van der Waals surface area contributed by atoms with Crippen LogP contribution in [0.2, 0.25) is 0 Å². The predicted molar refractivity (Wildman–Crippen MR) is 56.9 cm³/mol. The summed E-state index contributed by atoms with van der Waals surface area (Å²) in [6.07, 6.45) is 2.97. The SMILES string of the molecule is CC(C)C#CCN1CCC2CC1CO2. The van der Waals surface area contributed by atoms with Gasteiger partial charge in [0.1, 0.15) is 0 Å². The number of likely N-dealkylation sites (tertiary alicyclic amines) is 1. The molecule has 2 heterocycles. The van der Waals surface area contributed by atoms with Crippen LogP contribution in [0.3, 0.4) is 0 Å². The maximum atomic E-state index is 5.64. The third-order valence-electron chi connectivity index (χ3n) is 2.99. The summed E-state index contributed by atoms with van der Waals surface area (Å²) in [5.74, 6) is 6.97. The molecular weight excluding hydrogens is 174 g/mol. The van der Waals surface area contributed by atoms with E-state index in [0.717, 1.165) is 13.2 Å². The van der Waals surface area contributed by atoms with Crippen molar-refractivity contribution < 1.29 is 4.74 Å². The second-order valence-electron chi connectivity index (χ2n) is 4.58. The molecule has 2 unspecified atom stereocenters. The molecule has 2 saturated heterocycles. The molecule has 78 valence electrons. The average molecular weight is 193 g/mol. The molecule has 0 aromatic rings. The molecule has 2 bridgehead atoms. The van der Waals surface area contributed by atoms with Crippen molar-refractivity contribution in [2.45, 2.75) is 38.8 Å². The van der Waals surface area contributed by atoms with Gasteiger partial charge in [-0.3, -0.25) is 4.90 Å². The summed E-state index contributed by atoms with van der Waals surface area (Å²) in [7, 11) is 0. The van der Waals surface area contributed by atoms with Crippen molar-refractivity contribution in [2.24, 2.45) is 5.92 Å². The van der Waals surface area contributed by atoms with Gasteiger partial charge in [0, 0.05) is 18.5 Å². The van der Waals surface area contributed by atoms with Gasteiger partial charge < -0.3 is 4.74 Å². The Bertz CT molecular complexity index is 251. The van der Waals surface area contributed by atoms with E-state index in [1.807, 2.05) is 0 Å². The zero-order valence-corrected chi connectivity index (χ0v) is 9.12. The van der Waals surface area contributed by atoms with Crippen molar-refractivity contribution in [3.63, 3.8) is 0 Å². The van der Waals surface area contributed by atoms with Crippen LogP contribution >= 0.6 is 0 Å². The Morgan fingerprint density at radius 1 is 1.50 bits per heavy atom. The van der Waals surface area contributed by atoms with Crippen molar-refractivity contribution in [2.75, 3.05) is 19.7 Å². The molecule has 2 nitrogen and oxygen atoms in total. The van der Waals surface area contributed by atoms with Crippen LogP contribution in [0.15, 0.2) is 0 Å². The lowest BCUT2D eigenvalue weighted by atomic mass is 10.0. The van der Waals surface area contributed by atoms with E-state index in [0.29, 0.717) is 18.1 Å². The van der Waals surface area contributed by atoms with Gasteiger partial charge in [0.25, 0.3) is 0 Å². The first-order valence-corrected chi connectivity index (χ1v) is 5.59. The highest BCUT2D eigenvalue weighted by Crippen LogP contribution is 2.26. The second kappa shape index (κ2) is 4.33. The van der Waals surface area contributed by atoms with Crippen LogP contribution < -0.4 is 0 Å². The van der Waals surface area contributed by atoms with E-state index < -0.39 is 0 Å². The van der Waals surface area contributed by atoms with E-state index >= 15 is 0 Å². The highest BCUT2D eigenvalue weighted by molar-refractivity contribution is 5.05. The second-order valence-corrected chi connectivity index (χ2v) is 4.58. The fourth-order valence-corrected chi connectivity index (χ4v) is 2.19. The molecule has 0 radical (unpaired) electrons. The van der Waals surface area contributed by atoms with Gasteiger partial charge in [-0.1, -0.05) is 25.7 Å². The Labute approximate surface area is 86.6 Å². The van der Waals surface area contributed by atoms with Gasteiger partial charge in [0.15, 0.2) is 0 Å². The summed E-state index contributed by atoms with van der Waals surface area (Å²) in [4.78, 5) is 2.47. The predicted octanol–water partition coefficient (Wildman–Crippen LogP) is 1.51. The summed E-state index contributed by atoms with van der Waals surface area (Å²) in [5, 5.41) is 0. The zero-order valence-electron chi connectivity index (χ0n) is 9.12. The molecule has 0 N–H and O–H groups in total. The molecule has 2 aliphatic rings. The van der Waals surface area contributed by atoms with Crippen molar-refractivity contribution in [1.29, 1.82) is 0 Å². The first-order chi connectivity index (χ1) is 6.75. The van der Waals surface area contributed by atoms with E-state index in [1.54, 1.807) is 0 Å². The zero-order chi connectivity index (χ0) is 9.97. The number of ether oxygens (including phenoxy) is 1. The Hall–Kier alpha value is -0.520. The molecule has 2 aliphatic heterocycles. The fourth-order valence-electron chi connectivity index (χ4n) is 2.19. The van der Waals surface area contributed by atoms with Gasteiger partial charge in [0.05, 0.1) is 19.3 Å². The number of nitrogens with zero attached hydrogens (tertiary/aromatic N) is 1. The van der Waals surface area contributed by atoms with Crippen LogP contribution in [0.5, 0.6) is 0 Å². The van der Waals surface area contributed by atoms with Gasteiger partial charge in [-0.2, -0.15) is 0 Å². The van der Waals surface area contributed by atoms with E-state index in [9.17, 15) is 0 Å². The standard InChI is InChI=1S/C12H19NO/c1-10(2)4-3-6-13-7-5-12-8-11(13)9-14-12/h10-12H,5-9H2,1-2H3. The van der Waals surface area contributed by atoms with Crippen LogP contribution in [-0.2, 0) is 4.74 Å². The molecule has 2 fully saturated rings. The van der Waals surface area contributed by atoms with Crippen molar-refractivity contribution in [3.8, 4) is 11.8 Å². The first-order valence-electron chi connectivity index (χ1n) is 5.59. The summed E-state index contributed by atoms with van der Waals surface area (Å²) >= 11 is 0. The molecule has 2 heteroatoms. The lowest BCUT2D eigenvalue weighted by Gasteiger charge is -2.29. The molecule has 2 atom stereocenters. The summed E-state index contributed by atoms with van der Waals surface area (Å²) in [6.45, 7) is 7.30. The highest BCUT2D eigenvalue weighted by atomic mass is 16.5. The number of hydrogen-bond donors (Lipinski definition) is 0. The quantitative estimate of drug-likeness (QED) is 0.585. The Morgan fingerprint density at radius 2 is 2.36 bits per heavy atom. The molecule has 14 heavy (non-hydrogen) atoms. The highest BCUT2D eigenvalue weighted by Gasteiger charge is 2.34. The van der Waals surface area contributed by atoms with Gasteiger partial charge in [-0.15, -0.1) is 0 Å². The lowest BCUT2D eigenvalue weighted by molar-refractivity contribution is 0.109. The normalized spacial score (nSPS) is 31.6. The molecular formula is C12H19NO. The van der Waals surface area contributed by atoms with Gasteiger partial charge in [-0.05, 0) is 12.8 Å². The monoisotopic (exact) mass is 193 g/mol. The molecule has 0 spiro atoms. The molecule has 0 aromatic heterocycles. The number of rotatable bonds is 1. The molecule has 0 saturated carbocycles. The van der Waals surface area contributed by atoms with Crippen LogP contribution in [0.4, 0.5) is 0 Å². The largest absolute Gasteiger partial charge is 0.376 e. The third kappa shape index (κ3) is 2.29. The van der Waals surface area contributed by atoms with Crippen LogP contribution in [0.25, 0.3) is 0 Å². The van der Waals surface area contributed by atoms with Crippen molar-refractivity contribution in [3.05, 3.63) is 0 Å². The van der Waals surface area contributed by atoms with Gasteiger partial charge >= 0.3 is 0 Å². The maximum Gasteiger partial charge on any atom is 0.0626 e. The maximum absolute atomic E-state index is 5.64. The Morgan fingerprint density at radius 3 is 3.14 bits per heavy atom. The van der Waals surface area contributed by atoms with Gasteiger partial charge in [-0.25, -0.2) is 0 Å². The first kappa shape index (κ1) is 10.0. The van der Waals surface area contributed by atoms with Crippen molar-refractivity contribution >= 4 is 0 Å². The van der Waals surface area contributed by atoms with E-state index in [-0.39, 0.29) is 0 Å². The van der Waals surface area contributed by atoms with E-state index in [4.69, 9.17) is 4.74 Å². The van der Waals surface area contributed by atoms with Crippen molar-refractivity contribution in [1.82, 2.24) is 4.90 Å². The van der Waals surface area contributed by atoms with Crippen LogP contribution in [-0.4, -0.2) is 36.7 Å². The third-order valence-corrected chi connectivity index (χ3v) is 2.99. The summed E-state index contributed by atoms with van der Waals surface area (Å²) in [6, 6.07) is 0.648. The molecule has 0 amide bonds. The minimum absolute atomic E-state index is 0.493. The Kier molecular flexibility index (Phi) is 3.10. The topological polar surface area (TPSA) is 12.5 Å². The van der Waals surface area contributed by atoms with E-state index in [1.165, 1.54) is 19.4 Å². The van der Waals surface area contributed by atoms with Gasteiger partial charge in [0.2, 0.25) is 0 Å². The number of piperidine rings is 1. The van der Waals surface area contributed by atoms with Crippen LogP contribution in [0, 0.1) is 17.8 Å². The molecule has 2 rings (SSSR count). The smallest absolute Gasteiger partial charge is 0.0626 e. The summed E-state index contributed by atoms with van der Waals surface area (Å²) in [5.41, 5.74) is 0. The summed E-state index contributed by atoms with van der Waals surface area (Å²) < 4.78 is 5.64. The van der Waals surface area contributed by atoms with E-state index in [2.05, 4.69) is 30.6 Å². The Balaban J connectivity index is 1.84. The molecule has 0 aromatic carbocycles. The fraction of sp³-hybridized carbons (Fsp3) is 0.833. The van der Waals surface area contributed by atoms with Crippen LogP contribution in [0.1, 0.15) is 26.7 Å². The number of fused-ring (bicyclic) bond motifs is 2. The average Bonchev–Trinajstić information content (AvgIpc) is 2.52. The lowest BCUT2D eigenvalue weighted by Crippen LogP contribution is -2.40. The minimum atomic E-state index is 0.493. The number of hydrogen-bond acceptors (Lipinski definition) is 2. The molecule has 0 aliphatic carbocycles.